The van der Waals surface area contributed by atoms with Crippen molar-refractivity contribution in [1.82, 2.24) is 15.5 Å². The van der Waals surface area contributed by atoms with E-state index < -0.39 is 47.6 Å². The smallest absolute Gasteiger partial charge is 0.408 e. The number of nitrogens with one attached hydrogen (secondary N) is 2. The minimum absolute atomic E-state index is 0.0675. The van der Waals surface area contributed by atoms with Crippen molar-refractivity contribution < 1.29 is 33.8 Å². The second kappa shape index (κ2) is 16.1. The first-order valence-electron chi connectivity index (χ1n) is 15.0. The van der Waals surface area contributed by atoms with Crippen molar-refractivity contribution in [3.8, 4) is 5.75 Å². The Morgan fingerprint density at radius 1 is 0.955 bits per heavy atom. The molecule has 2 rings (SSSR count). The summed E-state index contributed by atoms with van der Waals surface area (Å²) in [5, 5.41) is 15.2. The van der Waals surface area contributed by atoms with E-state index >= 15 is 0 Å². The fourth-order valence-corrected chi connectivity index (χ4v) is 4.89. The highest BCUT2D eigenvalue weighted by Crippen LogP contribution is 2.30. The van der Waals surface area contributed by atoms with Gasteiger partial charge < -0.3 is 30.1 Å². The zero-order valence-electron chi connectivity index (χ0n) is 27.5. The van der Waals surface area contributed by atoms with Crippen LogP contribution in [-0.4, -0.2) is 65.2 Å². The number of phenols is 1. The third-order valence-corrected chi connectivity index (χ3v) is 7.14. The van der Waals surface area contributed by atoms with Crippen LogP contribution in [0.15, 0.2) is 42.5 Å². The number of amides is 3. The second-order valence-electron chi connectivity index (χ2n) is 12.7. The lowest BCUT2D eigenvalue weighted by atomic mass is 9.93. The Bertz CT molecular complexity index is 1280. The molecule has 0 spiro atoms. The summed E-state index contributed by atoms with van der Waals surface area (Å²) in [4.78, 5) is 55.2. The molecular weight excluding hydrogens is 562 g/mol. The number of aryl methyl sites for hydroxylation is 2. The lowest BCUT2D eigenvalue weighted by Crippen LogP contribution is -2.56. The van der Waals surface area contributed by atoms with Crippen molar-refractivity contribution in [2.75, 3.05) is 13.7 Å². The Morgan fingerprint density at radius 2 is 1.59 bits per heavy atom. The van der Waals surface area contributed by atoms with E-state index in [9.17, 15) is 24.3 Å². The molecule has 2 aromatic carbocycles. The molecule has 0 heterocycles. The summed E-state index contributed by atoms with van der Waals surface area (Å²) in [5.41, 5.74) is 2.26. The molecule has 3 amide bonds. The number of methoxy groups -OCH3 is 1. The van der Waals surface area contributed by atoms with Crippen molar-refractivity contribution in [2.24, 2.45) is 5.92 Å². The van der Waals surface area contributed by atoms with Crippen LogP contribution in [0.4, 0.5) is 4.79 Å². The lowest BCUT2D eigenvalue weighted by Gasteiger charge is -2.39. The maximum atomic E-state index is 14.7. The minimum Gasteiger partial charge on any atom is -0.508 e. The molecule has 10 heteroatoms. The highest BCUT2D eigenvalue weighted by Gasteiger charge is 2.39. The van der Waals surface area contributed by atoms with Gasteiger partial charge in [0.25, 0.3) is 0 Å². The molecule has 3 unspecified atom stereocenters. The normalized spacial score (nSPS) is 13.4. The predicted molar refractivity (Wildman–Crippen MR) is 169 cm³/mol. The average Bonchev–Trinajstić information content (AvgIpc) is 2.93. The van der Waals surface area contributed by atoms with E-state index in [4.69, 9.17) is 9.47 Å². The summed E-state index contributed by atoms with van der Waals surface area (Å²) in [6.45, 7) is 14.7. The lowest BCUT2D eigenvalue weighted by molar-refractivity contribution is -0.146. The number of alkyl carbamates (subject to hydrolysis) is 1. The number of hydrogen-bond acceptors (Lipinski definition) is 7. The largest absolute Gasteiger partial charge is 0.508 e. The molecule has 0 aliphatic rings. The quantitative estimate of drug-likeness (QED) is 0.268. The molecule has 0 saturated carbocycles. The van der Waals surface area contributed by atoms with Gasteiger partial charge >= 0.3 is 12.1 Å². The highest BCUT2D eigenvalue weighted by atomic mass is 16.6. The number of rotatable bonds is 13. The third-order valence-electron chi connectivity index (χ3n) is 7.14. The molecule has 242 valence electrons. The van der Waals surface area contributed by atoms with E-state index in [0.717, 1.165) is 17.5 Å². The molecule has 0 aliphatic heterocycles. The van der Waals surface area contributed by atoms with Gasteiger partial charge in [-0.25, -0.2) is 4.79 Å². The highest BCUT2D eigenvalue weighted by molar-refractivity contribution is 5.93. The zero-order chi connectivity index (χ0) is 33.2. The fourth-order valence-electron chi connectivity index (χ4n) is 4.89. The molecule has 3 atom stereocenters. The SMILES string of the molecule is COC(=O)CNC(=O)C(c1ccc(C)cc1C)N(C(=O)C(Cc1ccc(O)cc1)NC(=O)OC(C)(C)C)C(C)CCC(C)C. The Kier molecular flexibility index (Phi) is 13.2. The number of nitrogens with zero attached hydrogens (tertiary/aromatic N) is 1. The monoisotopic (exact) mass is 611 g/mol. The Morgan fingerprint density at radius 3 is 2.14 bits per heavy atom. The standard InChI is InChI=1S/C34H49N3O7/c1-21(2)10-12-24(5)37(30(31(40)35-20-29(39)43-9)27-17-11-22(3)18-23(27)4)32(41)28(36-33(42)44-34(6,7)8)19-25-13-15-26(38)16-14-25/h11,13-18,21,24,28,30,38H,10,12,19-20H2,1-9H3,(H,35,40)(H,36,42). The molecule has 44 heavy (non-hydrogen) atoms. The van der Waals surface area contributed by atoms with Crippen molar-refractivity contribution in [3.63, 3.8) is 0 Å². The Hall–Kier alpha value is -4.08. The first-order valence-corrected chi connectivity index (χ1v) is 15.0. The fraction of sp³-hybridized carbons (Fsp3) is 0.529. The maximum absolute atomic E-state index is 14.7. The van der Waals surface area contributed by atoms with Crippen molar-refractivity contribution in [3.05, 3.63) is 64.7 Å². The van der Waals surface area contributed by atoms with Crippen LogP contribution in [0.25, 0.3) is 0 Å². The number of esters is 1. The van der Waals surface area contributed by atoms with Gasteiger partial charge in [0.2, 0.25) is 11.8 Å². The van der Waals surface area contributed by atoms with E-state index in [1.807, 2.05) is 39.0 Å². The van der Waals surface area contributed by atoms with Crippen LogP contribution in [0.3, 0.4) is 0 Å². The second-order valence-corrected chi connectivity index (χ2v) is 12.7. The Balaban J connectivity index is 2.70. The number of ether oxygens (including phenoxy) is 2. The van der Waals surface area contributed by atoms with E-state index in [2.05, 4.69) is 24.5 Å². The molecule has 0 saturated heterocycles. The van der Waals surface area contributed by atoms with Crippen LogP contribution in [0.2, 0.25) is 0 Å². The van der Waals surface area contributed by atoms with Gasteiger partial charge in [0.15, 0.2) is 0 Å². The van der Waals surface area contributed by atoms with Gasteiger partial charge in [-0.3, -0.25) is 14.4 Å². The summed E-state index contributed by atoms with van der Waals surface area (Å²) in [7, 11) is 1.23. The van der Waals surface area contributed by atoms with Gasteiger partial charge in [-0.15, -0.1) is 0 Å². The molecule has 10 nitrogen and oxygen atoms in total. The van der Waals surface area contributed by atoms with Crippen molar-refractivity contribution in [1.29, 1.82) is 0 Å². The summed E-state index contributed by atoms with van der Waals surface area (Å²) in [6.07, 6.45) is 0.682. The van der Waals surface area contributed by atoms with E-state index in [-0.39, 0.29) is 18.7 Å². The van der Waals surface area contributed by atoms with Gasteiger partial charge in [0, 0.05) is 12.5 Å². The molecular formula is C34H49N3O7. The first kappa shape index (κ1) is 36.1. The van der Waals surface area contributed by atoms with Crippen LogP contribution in [0.5, 0.6) is 5.75 Å². The predicted octanol–water partition coefficient (Wildman–Crippen LogP) is 5.13. The van der Waals surface area contributed by atoms with Crippen molar-refractivity contribution >= 4 is 23.9 Å². The zero-order valence-corrected chi connectivity index (χ0v) is 27.5. The van der Waals surface area contributed by atoms with Gasteiger partial charge in [0.1, 0.15) is 30.0 Å². The topological polar surface area (TPSA) is 134 Å². The van der Waals surface area contributed by atoms with Crippen LogP contribution >= 0.6 is 0 Å². The number of carbonyl (C=O) groups excluding carboxylic acids is 4. The summed E-state index contributed by atoms with van der Waals surface area (Å²) >= 11 is 0. The molecule has 2 aromatic rings. The van der Waals surface area contributed by atoms with E-state index in [1.165, 1.54) is 24.1 Å². The van der Waals surface area contributed by atoms with Gasteiger partial charge in [-0.2, -0.15) is 0 Å². The molecule has 3 N–H and O–H groups in total. The third kappa shape index (κ3) is 11.2. The molecule has 0 aromatic heterocycles. The summed E-state index contributed by atoms with van der Waals surface area (Å²) < 4.78 is 10.2. The maximum Gasteiger partial charge on any atom is 0.408 e. The number of phenolic OH excluding ortho intramolecular Hbond substituents is 1. The average molecular weight is 612 g/mol. The van der Waals surface area contributed by atoms with Gasteiger partial charge in [0.05, 0.1) is 7.11 Å². The number of benzene rings is 2. The minimum atomic E-state index is -1.11. The van der Waals surface area contributed by atoms with E-state index in [0.29, 0.717) is 23.5 Å². The number of hydrogen-bond donors (Lipinski definition) is 3. The molecule has 0 aliphatic carbocycles. The summed E-state index contributed by atoms with van der Waals surface area (Å²) in [6, 6.07) is 9.32. The van der Waals surface area contributed by atoms with Gasteiger partial charge in [-0.05, 0) is 89.1 Å². The van der Waals surface area contributed by atoms with Crippen molar-refractivity contribution in [2.45, 2.75) is 98.4 Å². The number of aromatic hydroxyl groups is 1. The summed E-state index contributed by atoms with van der Waals surface area (Å²) in [5.74, 6) is -1.25. The molecule has 0 bridgehead atoms. The van der Waals surface area contributed by atoms with Crippen LogP contribution < -0.4 is 10.6 Å². The first-order chi connectivity index (χ1) is 20.5. The van der Waals surface area contributed by atoms with E-state index in [1.54, 1.807) is 32.9 Å². The number of carbonyl (C=O) groups is 4. The van der Waals surface area contributed by atoms with Gasteiger partial charge in [-0.1, -0.05) is 49.7 Å². The van der Waals surface area contributed by atoms with Crippen LogP contribution in [0, 0.1) is 19.8 Å². The molecule has 0 fully saturated rings. The Labute approximate surface area is 261 Å². The molecule has 0 radical (unpaired) electrons. The van der Waals surface area contributed by atoms with Crippen LogP contribution in [0.1, 0.15) is 82.7 Å². The van der Waals surface area contributed by atoms with Crippen LogP contribution in [-0.2, 0) is 30.3 Å².